The number of ether oxygens (including phenoxy) is 2. The average molecular weight is 172 g/mol. The smallest absolute Gasteiger partial charge is 0.115 e. The summed E-state index contributed by atoms with van der Waals surface area (Å²) in [5, 5.41) is 9.75. The van der Waals surface area contributed by atoms with Crippen LogP contribution in [0.15, 0.2) is 0 Å². The minimum Gasteiger partial charge on any atom is -0.387 e. The first-order chi connectivity index (χ1) is 5.34. The van der Waals surface area contributed by atoms with E-state index < -0.39 is 6.10 Å². The zero-order valence-electron chi connectivity index (χ0n) is 8.00. The fourth-order valence-electron chi connectivity index (χ4n) is 1.71. The topological polar surface area (TPSA) is 45.3 Å². The molecule has 0 aliphatic carbocycles. The highest BCUT2D eigenvalue weighted by atomic mass is 16.6. The Morgan fingerprint density at radius 2 is 1.25 bits per heavy atom. The van der Waals surface area contributed by atoms with Gasteiger partial charge in [-0.3, -0.25) is 0 Å². The van der Waals surface area contributed by atoms with Crippen molar-refractivity contribution in [1.82, 2.24) is 0 Å². The van der Waals surface area contributed by atoms with Gasteiger partial charge in [0.1, 0.15) is 18.3 Å². The predicted molar refractivity (Wildman–Crippen MR) is 43.9 cm³/mol. The SMILES string of the molecule is CC1(C)OC1C(O)C1OC1(C)C. The van der Waals surface area contributed by atoms with Crippen molar-refractivity contribution >= 4 is 0 Å². The number of hydrogen-bond acceptors (Lipinski definition) is 3. The number of hydrogen-bond donors (Lipinski definition) is 1. The Kier molecular flexibility index (Phi) is 1.43. The van der Waals surface area contributed by atoms with Crippen LogP contribution >= 0.6 is 0 Å². The lowest BCUT2D eigenvalue weighted by Gasteiger charge is -2.05. The fourth-order valence-corrected chi connectivity index (χ4v) is 1.71. The molecular weight excluding hydrogens is 156 g/mol. The van der Waals surface area contributed by atoms with Gasteiger partial charge in [-0.2, -0.15) is 0 Å². The summed E-state index contributed by atoms with van der Waals surface area (Å²) >= 11 is 0. The lowest BCUT2D eigenvalue weighted by molar-refractivity contribution is 0.103. The van der Waals surface area contributed by atoms with E-state index in [9.17, 15) is 5.11 Å². The summed E-state index contributed by atoms with van der Waals surface area (Å²) in [5.41, 5.74) is -0.303. The molecule has 0 bridgehead atoms. The van der Waals surface area contributed by atoms with Gasteiger partial charge < -0.3 is 14.6 Å². The van der Waals surface area contributed by atoms with Crippen molar-refractivity contribution in [2.24, 2.45) is 0 Å². The quantitative estimate of drug-likeness (QED) is 0.624. The van der Waals surface area contributed by atoms with E-state index in [2.05, 4.69) is 0 Å². The third-order valence-electron chi connectivity index (χ3n) is 2.74. The predicted octanol–water partition coefficient (Wildman–Crippen LogP) is 0.702. The van der Waals surface area contributed by atoms with Crippen LogP contribution in [0, 0.1) is 0 Å². The van der Waals surface area contributed by atoms with Crippen LogP contribution in [-0.2, 0) is 9.47 Å². The number of aliphatic hydroxyl groups excluding tert-OH is 1. The normalized spacial score (nSPS) is 43.8. The van der Waals surface area contributed by atoms with E-state index in [-0.39, 0.29) is 23.4 Å². The van der Waals surface area contributed by atoms with Gasteiger partial charge in [0.25, 0.3) is 0 Å². The molecule has 2 saturated heterocycles. The van der Waals surface area contributed by atoms with E-state index in [4.69, 9.17) is 9.47 Å². The molecule has 2 aliphatic heterocycles. The molecule has 0 aromatic heterocycles. The molecule has 1 N–H and O–H groups in total. The van der Waals surface area contributed by atoms with Crippen LogP contribution in [0.25, 0.3) is 0 Å². The molecule has 0 aromatic carbocycles. The third kappa shape index (κ3) is 1.16. The summed E-state index contributed by atoms with van der Waals surface area (Å²) in [5.74, 6) is 0. The number of epoxide rings is 2. The van der Waals surface area contributed by atoms with Crippen LogP contribution in [0.2, 0.25) is 0 Å². The second kappa shape index (κ2) is 2.03. The minimum atomic E-state index is -0.463. The van der Waals surface area contributed by atoms with Gasteiger partial charge in [0.15, 0.2) is 0 Å². The highest BCUT2D eigenvalue weighted by Gasteiger charge is 2.62. The maximum atomic E-state index is 9.75. The van der Waals surface area contributed by atoms with E-state index >= 15 is 0 Å². The molecule has 0 spiro atoms. The molecule has 0 saturated carbocycles. The first kappa shape index (κ1) is 8.48. The second-order valence-corrected chi connectivity index (χ2v) is 4.77. The summed E-state index contributed by atoms with van der Waals surface area (Å²) in [7, 11) is 0. The monoisotopic (exact) mass is 172 g/mol. The number of rotatable bonds is 2. The van der Waals surface area contributed by atoms with Crippen LogP contribution in [-0.4, -0.2) is 34.6 Å². The molecule has 12 heavy (non-hydrogen) atoms. The van der Waals surface area contributed by atoms with Gasteiger partial charge in [-0.1, -0.05) is 0 Å². The lowest BCUT2D eigenvalue weighted by atomic mass is 9.98. The molecule has 2 aliphatic rings. The minimum absolute atomic E-state index is 0.0377. The van der Waals surface area contributed by atoms with Crippen LogP contribution < -0.4 is 0 Å². The van der Waals surface area contributed by atoms with Gasteiger partial charge in [0, 0.05) is 0 Å². The van der Waals surface area contributed by atoms with Gasteiger partial charge in [-0.15, -0.1) is 0 Å². The molecule has 0 amide bonds. The van der Waals surface area contributed by atoms with Crippen LogP contribution in [0.5, 0.6) is 0 Å². The maximum absolute atomic E-state index is 9.75. The summed E-state index contributed by atoms with van der Waals surface area (Å²) in [6, 6.07) is 0. The molecule has 2 fully saturated rings. The zero-order chi connectivity index (χ0) is 9.15. The van der Waals surface area contributed by atoms with E-state index in [0.29, 0.717) is 0 Å². The Bertz CT molecular complexity index is 188. The van der Waals surface area contributed by atoms with Crippen LogP contribution in [0.4, 0.5) is 0 Å². The standard InChI is InChI=1S/C9H16O3/c1-8(2)6(11-8)5(10)7-9(3,4)12-7/h5-7,10H,1-4H3. The van der Waals surface area contributed by atoms with Gasteiger partial charge in [-0.05, 0) is 27.7 Å². The maximum Gasteiger partial charge on any atom is 0.115 e. The number of aliphatic hydroxyl groups is 1. The third-order valence-corrected chi connectivity index (χ3v) is 2.74. The Hall–Kier alpha value is -0.120. The summed E-state index contributed by atoms with van der Waals surface area (Å²) in [4.78, 5) is 0. The molecule has 3 nitrogen and oxygen atoms in total. The van der Waals surface area contributed by atoms with Crippen molar-refractivity contribution in [3.8, 4) is 0 Å². The highest BCUT2D eigenvalue weighted by Crippen LogP contribution is 2.46. The lowest BCUT2D eigenvalue weighted by Crippen LogP contribution is -2.29. The Labute approximate surface area is 72.7 Å². The van der Waals surface area contributed by atoms with Crippen molar-refractivity contribution in [3.05, 3.63) is 0 Å². The van der Waals surface area contributed by atoms with E-state index in [0.717, 1.165) is 0 Å². The van der Waals surface area contributed by atoms with E-state index in [1.54, 1.807) is 0 Å². The van der Waals surface area contributed by atoms with Gasteiger partial charge >= 0.3 is 0 Å². The van der Waals surface area contributed by atoms with Crippen LogP contribution in [0.3, 0.4) is 0 Å². The Morgan fingerprint density at radius 1 is 1.00 bits per heavy atom. The largest absolute Gasteiger partial charge is 0.387 e. The summed E-state index contributed by atoms with van der Waals surface area (Å²) in [6.07, 6.45) is -0.538. The van der Waals surface area contributed by atoms with Crippen molar-refractivity contribution in [2.75, 3.05) is 0 Å². The van der Waals surface area contributed by atoms with Crippen molar-refractivity contribution in [2.45, 2.75) is 57.2 Å². The van der Waals surface area contributed by atoms with E-state index in [1.807, 2.05) is 27.7 Å². The van der Waals surface area contributed by atoms with Crippen LogP contribution in [0.1, 0.15) is 27.7 Å². The molecule has 2 rings (SSSR count). The van der Waals surface area contributed by atoms with Crippen molar-refractivity contribution < 1.29 is 14.6 Å². The summed E-state index contributed by atoms with van der Waals surface area (Å²) in [6.45, 7) is 7.93. The molecule has 2 heterocycles. The molecule has 2 atom stereocenters. The van der Waals surface area contributed by atoms with Crippen molar-refractivity contribution in [3.63, 3.8) is 0 Å². The highest BCUT2D eigenvalue weighted by molar-refractivity contribution is 5.10. The molecule has 70 valence electrons. The molecule has 2 unspecified atom stereocenters. The zero-order valence-corrected chi connectivity index (χ0v) is 8.00. The Balaban J connectivity index is 1.92. The average Bonchev–Trinajstić information content (AvgIpc) is 2.70. The first-order valence-electron chi connectivity index (χ1n) is 4.38. The van der Waals surface area contributed by atoms with Gasteiger partial charge in [0.05, 0.1) is 11.2 Å². The molecule has 0 aromatic rings. The summed E-state index contributed by atoms with van der Waals surface area (Å²) < 4.78 is 10.7. The Morgan fingerprint density at radius 3 is 1.42 bits per heavy atom. The first-order valence-corrected chi connectivity index (χ1v) is 4.38. The molecule has 0 radical (unpaired) electrons. The van der Waals surface area contributed by atoms with Gasteiger partial charge in [0.2, 0.25) is 0 Å². The fraction of sp³-hybridized carbons (Fsp3) is 1.00. The molecule has 3 heteroatoms. The van der Waals surface area contributed by atoms with Gasteiger partial charge in [-0.25, -0.2) is 0 Å². The van der Waals surface area contributed by atoms with Crippen molar-refractivity contribution in [1.29, 1.82) is 0 Å². The molecular formula is C9H16O3. The van der Waals surface area contributed by atoms with E-state index in [1.165, 1.54) is 0 Å². The second-order valence-electron chi connectivity index (χ2n) is 4.77.